The number of amides is 1. The molecule has 1 saturated heterocycles. The Labute approximate surface area is 211 Å². The van der Waals surface area contributed by atoms with Gasteiger partial charge >= 0.3 is 6.18 Å². The quantitative estimate of drug-likeness (QED) is 0.442. The van der Waals surface area contributed by atoms with E-state index in [1.807, 2.05) is 0 Å². The Morgan fingerprint density at radius 1 is 1.08 bits per heavy atom. The van der Waals surface area contributed by atoms with Gasteiger partial charge in [-0.3, -0.25) is 4.79 Å². The highest BCUT2D eigenvalue weighted by Gasteiger charge is 2.32. The Morgan fingerprint density at radius 3 is 2.36 bits per heavy atom. The van der Waals surface area contributed by atoms with Gasteiger partial charge in [0, 0.05) is 41.8 Å². The molecule has 2 heterocycles. The zero-order valence-corrected chi connectivity index (χ0v) is 20.5. The van der Waals surface area contributed by atoms with Crippen molar-refractivity contribution in [1.82, 2.24) is 4.31 Å². The molecular formula is C24H23ClF3N3O4S. The van der Waals surface area contributed by atoms with E-state index in [9.17, 15) is 26.4 Å². The number of sulfonamides is 1. The number of carbonyl (C=O) groups is 1. The van der Waals surface area contributed by atoms with Crippen LogP contribution in [0.25, 0.3) is 0 Å². The molecule has 12 heteroatoms. The molecule has 0 bridgehead atoms. The van der Waals surface area contributed by atoms with Gasteiger partial charge in [-0.25, -0.2) is 8.42 Å². The molecule has 1 aliphatic rings. The number of primary amides is 1. The van der Waals surface area contributed by atoms with Gasteiger partial charge in [-0.15, -0.1) is 0 Å². The van der Waals surface area contributed by atoms with Gasteiger partial charge in [-0.1, -0.05) is 11.6 Å². The van der Waals surface area contributed by atoms with Gasteiger partial charge in [-0.2, -0.15) is 17.5 Å². The number of halogens is 4. The maximum absolute atomic E-state index is 13.1. The number of carbonyl (C=O) groups excluding carboxylic acids is 1. The van der Waals surface area contributed by atoms with Crippen LogP contribution >= 0.6 is 11.6 Å². The van der Waals surface area contributed by atoms with Gasteiger partial charge in [0.2, 0.25) is 11.0 Å². The van der Waals surface area contributed by atoms with Crippen LogP contribution in [0.2, 0.25) is 5.02 Å². The van der Waals surface area contributed by atoms with Crippen molar-refractivity contribution < 1.29 is 30.8 Å². The molecule has 3 N–H and O–H groups in total. The summed E-state index contributed by atoms with van der Waals surface area (Å²) in [4.78, 5) is 11.4. The highest BCUT2D eigenvalue weighted by atomic mass is 35.5. The number of nitrogens with one attached hydrogen (secondary N) is 1. The third-order valence-electron chi connectivity index (χ3n) is 5.96. The fourth-order valence-corrected chi connectivity index (χ4v) is 5.58. The van der Waals surface area contributed by atoms with Gasteiger partial charge in [0.05, 0.1) is 5.56 Å². The second-order valence-corrected chi connectivity index (χ2v) is 10.7. The molecule has 2 aromatic carbocycles. The molecule has 7 nitrogen and oxygen atoms in total. The second-order valence-electron chi connectivity index (χ2n) is 8.47. The maximum atomic E-state index is 13.1. The summed E-state index contributed by atoms with van der Waals surface area (Å²) in [6.07, 6.45) is -3.27. The van der Waals surface area contributed by atoms with Crippen LogP contribution in [-0.2, 0) is 22.6 Å². The first-order chi connectivity index (χ1) is 16.9. The number of anilines is 1. The van der Waals surface area contributed by atoms with Crippen molar-refractivity contribution in [3.63, 3.8) is 0 Å². The summed E-state index contributed by atoms with van der Waals surface area (Å²) in [5.74, 6) is -0.247. The molecule has 192 valence electrons. The summed E-state index contributed by atoms with van der Waals surface area (Å²) in [6.45, 7) is 0.451. The molecule has 0 atom stereocenters. The maximum Gasteiger partial charge on any atom is 0.416 e. The molecule has 0 unspecified atom stereocenters. The third kappa shape index (κ3) is 5.85. The van der Waals surface area contributed by atoms with Crippen molar-refractivity contribution in [3.8, 4) is 0 Å². The average Bonchev–Trinajstić information content (AvgIpc) is 3.30. The largest absolute Gasteiger partial charge is 0.448 e. The lowest BCUT2D eigenvalue weighted by atomic mass is 10.1. The van der Waals surface area contributed by atoms with Crippen LogP contribution in [0.4, 0.5) is 18.9 Å². The molecule has 1 aromatic heterocycles. The van der Waals surface area contributed by atoms with Crippen molar-refractivity contribution in [2.24, 2.45) is 5.73 Å². The van der Waals surface area contributed by atoms with Crippen LogP contribution < -0.4 is 11.1 Å². The van der Waals surface area contributed by atoms with E-state index in [-0.39, 0.29) is 36.2 Å². The molecular weight excluding hydrogens is 519 g/mol. The van der Waals surface area contributed by atoms with Gasteiger partial charge in [-0.05, 0) is 73.0 Å². The Morgan fingerprint density at radius 2 is 1.75 bits per heavy atom. The first kappa shape index (κ1) is 26.1. The lowest BCUT2D eigenvalue weighted by Crippen LogP contribution is -2.42. The van der Waals surface area contributed by atoms with Crippen molar-refractivity contribution in [2.75, 3.05) is 18.4 Å². The van der Waals surface area contributed by atoms with E-state index in [1.54, 1.807) is 12.1 Å². The molecule has 0 saturated carbocycles. The predicted molar refractivity (Wildman–Crippen MR) is 128 cm³/mol. The summed E-state index contributed by atoms with van der Waals surface area (Å²) < 4.78 is 71.3. The van der Waals surface area contributed by atoms with Crippen LogP contribution in [0.3, 0.4) is 0 Å². The SMILES string of the molecule is NC(=O)c1ccc(Cl)c(Cc2ccc(S(=O)(=O)N3CCC(Nc4ccc(C(F)(F)F)cc4)CC3)o2)c1. The number of rotatable bonds is 7. The molecule has 0 aliphatic carbocycles. The Bertz CT molecular complexity index is 1350. The Balaban J connectivity index is 1.37. The normalized spacial score (nSPS) is 15.7. The summed E-state index contributed by atoms with van der Waals surface area (Å²) in [7, 11) is -3.88. The molecule has 1 aliphatic heterocycles. The molecule has 0 radical (unpaired) electrons. The van der Waals surface area contributed by atoms with E-state index in [1.165, 1.54) is 34.6 Å². The van der Waals surface area contributed by atoms with E-state index < -0.39 is 27.7 Å². The molecule has 1 fully saturated rings. The topological polar surface area (TPSA) is 106 Å². The Kier molecular flexibility index (Phi) is 7.35. The second kappa shape index (κ2) is 10.2. The van der Waals surface area contributed by atoms with Crippen molar-refractivity contribution in [1.29, 1.82) is 0 Å². The molecule has 3 aromatic rings. The average molecular weight is 542 g/mol. The number of hydrogen-bond donors (Lipinski definition) is 2. The number of hydrogen-bond acceptors (Lipinski definition) is 5. The van der Waals surface area contributed by atoms with Crippen molar-refractivity contribution in [3.05, 3.63) is 82.1 Å². The number of piperidine rings is 1. The van der Waals surface area contributed by atoms with Crippen LogP contribution in [0.5, 0.6) is 0 Å². The number of nitrogens with zero attached hydrogens (tertiary/aromatic N) is 1. The van der Waals surface area contributed by atoms with Crippen molar-refractivity contribution >= 4 is 33.2 Å². The van der Waals surface area contributed by atoms with Gasteiger partial charge in [0.1, 0.15) is 5.76 Å². The smallest absolute Gasteiger partial charge is 0.416 e. The van der Waals surface area contributed by atoms with Gasteiger partial charge in [0.15, 0.2) is 0 Å². The minimum atomic E-state index is -4.40. The van der Waals surface area contributed by atoms with Gasteiger partial charge in [0.25, 0.3) is 10.0 Å². The highest BCUT2D eigenvalue weighted by Crippen LogP contribution is 2.31. The van der Waals surface area contributed by atoms with Crippen LogP contribution in [0.1, 0.15) is 40.1 Å². The lowest BCUT2D eigenvalue weighted by Gasteiger charge is -2.31. The number of benzene rings is 2. The zero-order chi connectivity index (χ0) is 26.1. The van der Waals surface area contributed by atoms with Crippen molar-refractivity contribution in [2.45, 2.75) is 36.6 Å². The molecule has 36 heavy (non-hydrogen) atoms. The molecule has 4 rings (SSSR count). The van der Waals surface area contributed by atoms with E-state index >= 15 is 0 Å². The highest BCUT2D eigenvalue weighted by molar-refractivity contribution is 7.89. The van der Waals surface area contributed by atoms with E-state index in [0.29, 0.717) is 34.9 Å². The van der Waals surface area contributed by atoms with Crippen LogP contribution in [0, 0.1) is 0 Å². The first-order valence-corrected chi connectivity index (χ1v) is 12.9. The summed E-state index contributed by atoms with van der Waals surface area (Å²) >= 11 is 6.19. The van der Waals surface area contributed by atoms with E-state index in [4.69, 9.17) is 21.8 Å². The minimum absolute atomic E-state index is 0.0833. The number of furan rings is 1. The summed E-state index contributed by atoms with van der Waals surface area (Å²) in [6, 6.07) is 12.2. The standard InChI is InChI=1S/C24H23ClF3N3O4S/c25-21-7-1-15(23(29)32)13-16(21)14-20-6-8-22(35-20)36(33,34)31-11-9-19(10-12-31)30-18-4-2-17(3-5-18)24(26,27)28/h1-8,13,19,30H,9-12,14H2,(H2,29,32). The van der Waals surface area contributed by atoms with Gasteiger partial charge < -0.3 is 15.5 Å². The number of alkyl halides is 3. The fourth-order valence-electron chi connectivity index (χ4n) is 4.00. The van der Waals surface area contributed by atoms with Crippen LogP contribution in [-0.4, -0.2) is 37.8 Å². The predicted octanol–water partition coefficient (Wildman–Crippen LogP) is 4.91. The summed E-state index contributed by atoms with van der Waals surface area (Å²) in [5.41, 5.74) is 5.97. The number of nitrogens with two attached hydrogens (primary N) is 1. The Hall–Kier alpha value is -3.02. The molecule has 0 spiro atoms. The monoisotopic (exact) mass is 541 g/mol. The zero-order valence-electron chi connectivity index (χ0n) is 18.9. The molecule has 1 amide bonds. The first-order valence-electron chi connectivity index (χ1n) is 11.0. The fraction of sp³-hybridized carbons (Fsp3) is 0.292. The minimum Gasteiger partial charge on any atom is -0.448 e. The van der Waals surface area contributed by atoms with E-state index in [2.05, 4.69) is 5.32 Å². The van der Waals surface area contributed by atoms with Crippen LogP contribution in [0.15, 0.2) is 64.1 Å². The summed E-state index contributed by atoms with van der Waals surface area (Å²) in [5, 5.41) is 3.35. The van der Waals surface area contributed by atoms with E-state index in [0.717, 1.165) is 12.1 Å². The third-order valence-corrected chi connectivity index (χ3v) is 8.10. The lowest BCUT2D eigenvalue weighted by molar-refractivity contribution is -0.137.